The first-order valence-electron chi connectivity index (χ1n) is 6.17. The van der Waals surface area contributed by atoms with Crippen molar-refractivity contribution in [3.8, 4) is 0 Å². The third-order valence-corrected chi connectivity index (χ3v) is 3.08. The van der Waals surface area contributed by atoms with Crippen LogP contribution in [0.1, 0.15) is 18.1 Å². The van der Waals surface area contributed by atoms with E-state index in [1.807, 2.05) is 18.2 Å². The highest BCUT2D eigenvalue weighted by Gasteiger charge is 2.09. The van der Waals surface area contributed by atoms with Crippen LogP contribution >= 0.6 is 15.9 Å². The van der Waals surface area contributed by atoms with Gasteiger partial charge in [-0.1, -0.05) is 46.3 Å². The lowest BCUT2D eigenvalue weighted by Gasteiger charge is -2.15. The van der Waals surface area contributed by atoms with Gasteiger partial charge in [0, 0.05) is 25.7 Å². The van der Waals surface area contributed by atoms with E-state index in [0.717, 1.165) is 11.8 Å². The minimum absolute atomic E-state index is 0.116. The molecule has 0 spiro atoms. The molecule has 1 aromatic carbocycles. The van der Waals surface area contributed by atoms with Gasteiger partial charge in [-0.3, -0.25) is 0 Å². The smallest absolute Gasteiger partial charge is 0.0921 e. The molecule has 18 heavy (non-hydrogen) atoms. The van der Waals surface area contributed by atoms with Gasteiger partial charge in [0.25, 0.3) is 0 Å². The Morgan fingerprint density at radius 2 is 1.83 bits per heavy atom. The summed E-state index contributed by atoms with van der Waals surface area (Å²) in [5.74, 6) is 0. The van der Waals surface area contributed by atoms with Crippen molar-refractivity contribution in [2.45, 2.75) is 12.5 Å². The molecule has 0 aliphatic carbocycles. The first-order valence-corrected chi connectivity index (χ1v) is 7.29. The minimum Gasteiger partial charge on any atom is -0.382 e. The van der Waals surface area contributed by atoms with Crippen LogP contribution in [0.25, 0.3) is 0 Å². The summed E-state index contributed by atoms with van der Waals surface area (Å²) in [6.45, 7) is 2.72. The number of hydrogen-bond acceptors (Lipinski definition) is 3. The van der Waals surface area contributed by atoms with Crippen molar-refractivity contribution in [1.29, 1.82) is 0 Å². The van der Waals surface area contributed by atoms with Crippen LogP contribution in [0.5, 0.6) is 0 Å². The van der Waals surface area contributed by atoms with E-state index in [1.165, 1.54) is 5.56 Å². The molecule has 1 unspecified atom stereocenters. The first kappa shape index (κ1) is 15.6. The van der Waals surface area contributed by atoms with Gasteiger partial charge >= 0.3 is 0 Å². The summed E-state index contributed by atoms with van der Waals surface area (Å²) in [6.07, 6.45) is 1.02. The normalized spacial score (nSPS) is 12.6. The maximum Gasteiger partial charge on any atom is 0.0921 e. The second-order valence-corrected chi connectivity index (χ2v) is 4.53. The van der Waals surface area contributed by atoms with E-state index in [1.54, 1.807) is 7.11 Å². The first-order chi connectivity index (χ1) is 8.88. The number of halogens is 1. The quantitative estimate of drug-likeness (QED) is 0.490. The summed E-state index contributed by atoms with van der Waals surface area (Å²) < 4.78 is 16.1. The van der Waals surface area contributed by atoms with E-state index in [0.29, 0.717) is 26.4 Å². The third-order valence-electron chi connectivity index (χ3n) is 2.50. The number of ether oxygens (including phenoxy) is 3. The fraction of sp³-hybridized carbons (Fsp3) is 0.571. The van der Waals surface area contributed by atoms with Crippen molar-refractivity contribution in [2.24, 2.45) is 0 Å². The average molecular weight is 317 g/mol. The Labute approximate surface area is 118 Å². The zero-order valence-corrected chi connectivity index (χ0v) is 12.4. The zero-order chi connectivity index (χ0) is 13.1. The Balaban J connectivity index is 2.13. The molecule has 0 saturated heterocycles. The van der Waals surface area contributed by atoms with Crippen LogP contribution in [-0.4, -0.2) is 38.9 Å². The van der Waals surface area contributed by atoms with Crippen molar-refractivity contribution in [3.05, 3.63) is 35.9 Å². The molecule has 0 aliphatic heterocycles. The maximum absolute atomic E-state index is 5.83. The fourth-order valence-electron chi connectivity index (χ4n) is 1.53. The molecule has 0 aliphatic rings. The largest absolute Gasteiger partial charge is 0.382 e. The Morgan fingerprint density at radius 1 is 1.06 bits per heavy atom. The van der Waals surface area contributed by atoms with Crippen LogP contribution in [0.2, 0.25) is 0 Å². The fourth-order valence-corrected chi connectivity index (χ4v) is 2.09. The third kappa shape index (κ3) is 6.50. The zero-order valence-electron chi connectivity index (χ0n) is 10.8. The number of rotatable bonds is 10. The number of methoxy groups -OCH3 is 1. The molecule has 0 radical (unpaired) electrons. The molecule has 0 fully saturated rings. The molecule has 0 heterocycles. The van der Waals surface area contributed by atoms with Crippen LogP contribution in [-0.2, 0) is 14.2 Å². The summed E-state index contributed by atoms with van der Waals surface area (Å²) >= 11 is 3.48. The van der Waals surface area contributed by atoms with Crippen molar-refractivity contribution >= 4 is 15.9 Å². The Morgan fingerprint density at radius 3 is 2.50 bits per heavy atom. The summed E-state index contributed by atoms with van der Waals surface area (Å²) in [5.41, 5.74) is 1.20. The Kier molecular flexibility index (Phi) is 9.12. The monoisotopic (exact) mass is 316 g/mol. The van der Waals surface area contributed by atoms with Gasteiger partial charge in [-0.25, -0.2) is 0 Å². The van der Waals surface area contributed by atoms with Gasteiger partial charge in [0.15, 0.2) is 0 Å². The lowest BCUT2D eigenvalue weighted by atomic mass is 10.1. The topological polar surface area (TPSA) is 27.7 Å². The van der Waals surface area contributed by atoms with Crippen LogP contribution < -0.4 is 0 Å². The number of hydrogen-bond donors (Lipinski definition) is 0. The molecule has 0 saturated carbocycles. The van der Waals surface area contributed by atoms with Gasteiger partial charge in [0.05, 0.1) is 19.3 Å². The number of benzene rings is 1. The molecule has 0 bridgehead atoms. The van der Waals surface area contributed by atoms with E-state index < -0.39 is 0 Å². The Hall–Kier alpha value is -0.420. The SMILES string of the molecule is COCCOCCCOC(CBr)c1ccccc1. The minimum atomic E-state index is 0.116. The molecule has 0 aromatic heterocycles. The standard InChI is InChI=1S/C14H21BrO3/c1-16-10-11-17-8-5-9-18-14(12-15)13-6-3-2-4-7-13/h2-4,6-7,14H,5,8-12H2,1H3. The predicted molar refractivity (Wildman–Crippen MR) is 76.2 cm³/mol. The Bertz CT molecular complexity index is 292. The summed E-state index contributed by atoms with van der Waals surface area (Å²) in [4.78, 5) is 0. The summed E-state index contributed by atoms with van der Waals surface area (Å²) in [5, 5.41) is 0.807. The van der Waals surface area contributed by atoms with E-state index in [-0.39, 0.29) is 6.10 Å². The summed E-state index contributed by atoms with van der Waals surface area (Å²) in [7, 11) is 1.67. The van der Waals surface area contributed by atoms with Crippen LogP contribution in [0.15, 0.2) is 30.3 Å². The molecule has 102 valence electrons. The van der Waals surface area contributed by atoms with Crippen molar-refractivity contribution < 1.29 is 14.2 Å². The predicted octanol–water partition coefficient (Wildman–Crippen LogP) is 3.19. The van der Waals surface area contributed by atoms with Crippen LogP contribution in [0, 0.1) is 0 Å². The maximum atomic E-state index is 5.83. The molecular formula is C14H21BrO3. The lowest BCUT2D eigenvalue weighted by molar-refractivity contribution is 0.0316. The van der Waals surface area contributed by atoms with E-state index >= 15 is 0 Å². The van der Waals surface area contributed by atoms with Crippen LogP contribution in [0.4, 0.5) is 0 Å². The van der Waals surface area contributed by atoms with Gasteiger partial charge < -0.3 is 14.2 Å². The molecule has 1 aromatic rings. The van der Waals surface area contributed by atoms with Gasteiger partial charge in [-0.2, -0.15) is 0 Å². The summed E-state index contributed by atoms with van der Waals surface area (Å²) in [6, 6.07) is 10.2. The van der Waals surface area contributed by atoms with Crippen molar-refractivity contribution in [1.82, 2.24) is 0 Å². The number of alkyl halides is 1. The van der Waals surface area contributed by atoms with E-state index in [4.69, 9.17) is 14.2 Å². The molecule has 3 nitrogen and oxygen atoms in total. The highest BCUT2D eigenvalue weighted by atomic mass is 79.9. The van der Waals surface area contributed by atoms with Crippen molar-refractivity contribution in [3.63, 3.8) is 0 Å². The van der Waals surface area contributed by atoms with Gasteiger partial charge in [0.1, 0.15) is 0 Å². The van der Waals surface area contributed by atoms with Crippen molar-refractivity contribution in [2.75, 3.05) is 38.9 Å². The molecule has 0 amide bonds. The lowest BCUT2D eigenvalue weighted by Crippen LogP contribution is -2.10. The second-order valence-electron chi connectivity index (χ2n) is 3.88. The highest BCUT2D eigenvalue weighted by molar-refractivity contribution is 9.09. The molecule has 1 atom stereocenters. The van der Waals surface area contributed by atoms with Gasteiger partial charge in [-0.05, 0) is 12.0 Å². The highest BCUT2D eigenvalue weighted by Crippen LogP contribution is 2.19. The molecule has 0 N–H and O–H groups in total. The second kappa shape index (κ2) is 10.5. The molecule has 4 heteroatoms. The van der Waals surface area contributed by atoms with Gasteiger partial charge in [0.2, 0.25) is 0 Å². The van der Waals surface area contributed by atoms with E-state index in [2.05, 4.69) is 28.1 Å². The molecule has 1 rings (SSSR count). The molecular weight excluding hydrogens is 296 g/mol. The van der Waals surface area contributed by atoms with Crippen LogP contribution in [0.3, 0.4) is 0 Å². The van der Waals surface area contributed by atoms with Gasteiger partial charge in [-0.15, -0.1) is 0 Å². The van der Waals surface area contributed by atoms with E-state index in [9.17, 15) is 0 Å². The average Bonchev–Trinajstić information content (AvgIpc) is 2.43.